The van der Waals surface area contributed by atoms with Crippen LogP contribution in [0, 0.1) is 20.8 Å². The number of carbonyl (C=O) groups is 1. The molecule has 0 unspecified atom stereocenters. The molecule has 0 spiro atoms. The van der Waals surface area contributed by atoms with Crippen molar-refractivity contribution >= 4 is 21.9 Å². The molecule has 2 aromatic rings. The summed E-state index contributed by atoms with van der Waals surface area (Å²) in [5, 5.41) is 0. The molecule has 0 amide bonds. The van der Waals surface area contributed by atoms with Crippen molar-refractivity contribution in [1.82, 2.24) is 0 Å². The van der Waals surface area contributed by atoms with Gasteiger partial charge in [-0.1, -0.05) is 28.1 Å². The monoisotopic (exact) mass is 348 g/mol. The number of carbonyl (C=O) groups excluding carboxylic acids is 1. The lowest BCUT2D eigenvalue weighted by Gasteiger charge is -2.13. The summed E-state index contributed by atoms with van der Waals surface area (Å²) in [7, 11) is 0. The molecule has 0 fully saturated rings. The fraction of sp³-hybridized carbons (Fsp3) is 0.235. The van der Waals surface area contributed by atoms with Gasteiger partial charge < -0.3 is 9.47 Å². The van der Waals surface area contributed by atoms with Crippen molar-refractivity contribution in [3.8, 4) is 11.5 Å². The van der Waals surface area contributed by atoms with Crippen molar-refractivity contribution in [2.75, 3.05) is 6.61 Å². The summed E-state index contributed by atoms with van der Waals surface area (Å²) in [6.45, 7) is 5.85. The summed E-state index contributed by atoms with van der Waals surface area (Å²) in [6, 6.07) is 11.1. The summed E-state index contributed by atoms with van der Waals surface area (Å²) in [5.74, 6) is 0.838. The summed E-state index contributed by atoms with van der Waals surface area (Å²) in [4.78, 5) is 11.8. The molecule has 0 atom stereocenters. The normalized spacial score (nSPS) is 10.3. The Labute approximate surface area is 133 Å². The molecule has 3 nitrogen and oxygen atoms in total. The molecule has 2 aromatic carbocycles. The van der Waals surface area contributed by atoms with Gasteiger partial charge in [0.1, 0.15) is 11.5 Å². The number of halogens is 1. The highest BCUT2D eigenvalue weighted by atomic mass is 79.9. The summed E-state index contributed by atoms with van der Waals surface area (Å²) in [6.07, 6.45) is 0. The van der Waals surface area contributed by atoms with Gasteiger partial charge >= 0.3 is 5.97 Å². The summed E-state index contributed by atoms with van der Waals surface area (Å²) >= 11 is 3.33. The Balaban J connectivity index is 1.98. The Morgan fingerprint density at radius 3 is 2.29 bits per heavy atom. The van der Waals surface area contributed by atoms with E-state index >= 15 is 0 Å². The van der Waals surface area contributed by atoms with Crippen molar-refractivity contribution in [2.24, 2.45) is 0 Å². The van der Waals surface area contributed by atoms with Crippen LogP contribution in [0.4, 0.5) is 0 Å². The maximum absolute atomic E-state index is 11.8. The van der Waals surface area contributed by atoms with Crippen molar-refractivity contribution in [3.63, 3.8) is 0 Å². The van der Waals surface area contributed by atoms with Gasteiger partial charge in [0.05, 0.1) is 0 Å². The number of ether oxygens (including phenoxy) is 2. The molecule has 0 aliphatic heterocycles. The van der Waals surface area contributed by atoms with E-state index in [0.717, 1.165) is 26.9 Å². The minimum Gasteiger partial charge on any atom is -0.481 e. The smallest absolute Gasteiger partial charge is 0.349 e. The molecule has 0 aliphatic rings. The van der Waals surface area contributed by atoms with Crippen LogP contribution < -0.4 is 9.47 Å². The predicted molar refractivity (Wildman–Crippen MR) is 85.9 cm³/mol. The van der Waals surface area contributed by atoms with Crippen molar-refractivity contribution in [1.29, 1.82) is 0 Å². The molecule has 0 saturated heterocycles. The third kappa shape index (κ3) is 4.08. The lowest BCUT2D eigenvalue weighted by Crippen LogP contribution is -2.18. The molecular formula is C17H17BrO3. The Morgan fingerprint density at radius 1 is 1.00 bits per heavy atom. The first kappa shape index (κ1) is 15.6. The van der Waals surface area contributed by atoms with E-state index in [0.29, 0.717) is 5.75 Å². The summed E-state index contributed by atoms with van der Waals surface area (Å²) < 4.78 is 11.8. The highest BCUT2D eigenvalue weighted by molar-refractivity contribution is 9.10. The van der Waals surface area contributed by atoms with E-state index in [9.17, 15) is 4.79 Å². The maximum atomic E-state index is 11.8. The molecule has 2 rings (SSSR count). The molecule has 0 bridgehead atoms. The van der Waals surface area contributed by atoms with E-state index in [2.05, 4.69) is 15.9 Å². The van der Waals surface area contributed by atoms with Gasteiger partial charge in [-0.3, -0.25) is 0 Å². The topological polar surface area (TPSA) is 35.5 Å². The zero-order chi connectivity index (χ0) is 15.4. The number of esters is 1. The van der Waals surface area contributed by atoms with Crippen LogP contribution in [0.15, 0.2) is 40.9 Å². The number of benzene rings is 2. The van der Waals surface area contributed by atoms with Crippen LogP contribution >= 0.6 is 15.9 Å². The Bertz CT molecular complexity index is 648. The van der Waals surface area contributed by atoms with Gasteiger partial charge in [-0.25, -0.2) is 4.79 Å². The van der Waals surface area contributed by atoms with Gasteiger partial charge in [0, 0.05) is 4.47 Å². The Morgan fingerprint density at radius 2 is 1.62 bits per heavy atom. The Hall–Kier alpha value is -1.81. The van der Waals surface area contributed by atoms with Gasteiger partial charge in [-0.15, -0.1) is 0 Å². The first-order valence-corrected chi connectivity index (χ1v) is 7.42. The largest absolute Gasteiger partial charge is 0.481 e. The first-order chi connectivity index (χ1) is 9.97. The Kier molecular flexibility index (Phi) is 5.02. The van der Waals surface area contributed by atoms with E-state index in [1.165, 1.54) is 0 Å². The van der Waals surface area contributed by atoms with Gasteiger partial charge in [-0.2, -0.15) is 0 Å². The van der Waals surface area contributed by atoms with Crippen LogP contribution in [-0.2, 0) is 4.79 Å². The zero-order valence-electron chi connectivity index (χ0n) is 12.3. The SMILES string of the molecule is Cc1ccc(C)c(OCC(=O)Oc2ccc(Br)cc2)c1C. The van der Waals surface area contributed by atoms with Crippen molar-refractivity contribution in [3.05, 3.63) is 57.6 Å². The maximum Gasteiger partial charge on any atom is 0.349 e. The fourth-order valence-corrected chi connectivity index (χ4v) is 2.21. The minimum atomic E-state index is -0.419. The second-order valence-corrected chi connectivity index (χ2v) is 5.79. The average Bonchev–Trinajstić information content (AvgIpc) is 2.45. The predicted octanol–water partition coefficient (Wildman–Crippen LogP) is 4.36. The molecule has 0 N–H and O–H groups in total. The molecule has 0 saturated carbocycles. The van der Waals surface area contributed by atoms with Crippen LogP contribution in [0.2, 0.25) is 0 Å². The zero-order valence-corrected chi connectivity index (χ0v) is 13.9. The number of hydrogen-bond donors (Lipinski definition) is 0. The quantitative estimate of drug-likeness (QED) is 0.608. The summed E-state index contributed by atoms with van der Waals surface area (Å²) in [5.41, 5.74) is 3.19. The third-order valence-electron chi connectivity index (χ3n) is 3.25. The molecule has 0 radical (unpaired) electrons. The highest BCUT2D eigenvalue weighted by Gasteiger charge is 2.10. The van der Waals surface area contributed by atoms with E-state index in [1.807, 2.05) is 45.0 Å². The van der Waals surface area contributed by atoms with E-state index < -0.39 is 5.97 Å². The van der Waals surface area contributed by atoms with Crippen LogP contribution in [0.1, 0.15) is 16.7 Å². The lowest BCUT2D eigenvalue weighted by atomic mass is 10.1. The molecule has 110 valence electrons. The van der Waals surface area contributed by atoms with Crippen LogP contribution in [0.5, 0.6) is 11.5 Å². The molecule has 4 heteroatoms. The minimum absolute atomic E-state index is 0.110. The number of rotatable bonds is 4. The van der Waals surface area contributed by atoms with Gasteiger partial charge in [0.15, 0.2) is 6.61 Å². The third-order valence-corrected chi connectivity index (χ3v) is 3.78. The number of aryl methyl sites for hydroxylation is 2. The van der Waals surface area contributed by atoms with Crippen LogP contribution in [-0.4, -0.2) is 12.6 Å². The van der Waals surface area contributed by atoms with Gasteiger partial charge in [0.25, 0.3) is 0 Å². The molecule has 0 heterocycles. The molecule has 0 aromatic heterocycles. The van der Waals surface area contributed by atoms with Gasteiger partial charge in [-0.05, 0) is 61.7 Å². The fourth-order valence-electron chi connectivity index (χ4n) is 1.94. The van der Waals surface area contributed by atoms with Crippen LogP contribution in [0.3, 0.4) is 0 Å². The molecule has 0 aliphatic carbocycles. The molecule has 21 heavy (non-hydrogen) atoms. The van der Waals surface area contributed by atoms with Gasteiger partial charge in [0.2, 0.25) is 0 Å². The molecular weight excluding hydrogens is 332 g/mol. The second-order valence-electron chi connectivity index (χ2n) is 4.87. The number of hydrogen-bond acceptors (Lipinski definition) is 3. The van der Waals surface area contributed by atoms with Crippen molar-refractivity contribution < 1.29 is 14.3 Å². The van der Waals surface area contributed by atoms with E-state index in [-0.39, 0.29) is 6.61 Å². The second kappa shape index (κ2) is 6.76. The lowest BCUT2D eigenvalue weighted by molar-refractivity contribution is -0.136. The standard InChI is InChI=1S/C17H17BrO3/c1-11-4-5-12(2)17(13(11)3)20-10-16(19)21-15-8-6-14(18)7-9-15/h4-9H,10H2,1-3H3. The average molecular weight is 349 g/mol. The van der Waals surface area contributed by atoms with Crippen LogP contribution in [0.25, 0.3) is 0 Å². The first-order valence-electron chi connectivity index (χ1n) is 6.63. The van der Waals surface area contributed by atoms with Crippen molar-refractivity contribution in [2.45, 2.75) is 20.8 Å². The highest BCUT2D eigenvalue weighted by Crippen LogP contribution is 2.25. The van der Waals surface area contributed by atoms with E-state index in [1.54, 1.807) is 12.1 Å². The van der Waals surface area contributed by atoms with E-state index in [4.69, 9.17) is 9.47 Å².